The minimum absolute atomic E-state index is 0.0692. The van der Waals surface area contributed by atoms with Crippen LogP contribution in [0.5, 0.6) is 0 Å². The molecule has 1 atom stereocenters. The molecule has 0 fully saturated rings. The average molecular weight is 341 g/mol. The van der Waals surface area contributed by atoms with Gasteiger partial charge in [0.1, 0.15) is 12.4 Å². The maximum Gasteiger partial charge on any atom is 0.237 e. The Balaban J connectivity index is 2.07. The number of amides is 1. The molecular weight excluding hydrogens is 324 g/mol. The Bertz CT molecular complexity index is 645. The molecule has 2 rings (SSSR count). The van der Waals surface area contributed by atoms with Crippen LogP contribution in [0.25, 0.3) is 0 Å². The van der Waals surface area contributed by atoms with Crippen molar-refractivity contribution < 1.29 is 9.53 Å². The van der Waals surface area contributed by atoms with E-state index in [1.54, 1.807) is 18.6 Å². The van der Waals surface area contributed by atoms with Crippen LogP contribution in [0.15, 0.2) is 29.4 Å². The molecule has 0 unspecified atom stereocenters. The molecule has 0 saturated carbocycles. The maximum absolute atomic E-state index is 11.1. The van der Waals surface area contributed by atoms with Crippen LogP contribution in [0.2, 0.25) is 5.02 Å². The number of ether oxygens (including phenoxy) is 1. The van der Waals surface area contributed by atoms with Crippen LogP contribution < -0.4 is 5.73 Å². The summed E-state index contributed by atoms with van der Waals surface area (Å²) in [5, 5.41) is 9.39. The van der Waals surface area contributed by atoms with E-state index in [1.807, 2.05) is 24.3 Å². The molecule has 8 heteroatoms. The highest BCUT2D eigenvalue weighted by Crippen LogP contribution is 2.27. The fourth-order valence-corrected chi connectivity index (χ4v) is 3.14. The van der Waals surface area contributed by atoms with Gasteiger partial charge in [-0.2, -0.15) is 0 Å². The van der Waals surface area contributed by atoms with Crippen LogP contribution in [0.3, 0.4) is 0 Å². The second-order valence-corrected chi connectivity index (χ2v) is 6.09. The van der Waals surface area contributed by atoms with Gasteiger partial charge in [0.2, 0.25) is 5.91 Å². The summed E-state index contributed by atoms with van der Waals surface area (Å²) < 4.78 is 7.21. The van der Waals surface area contributed by atoms with Gasteiger partial charge < -0.3 is 10.5 Å². The largest absolute Gasteiger partial charge is 0.376 e. The smallest absolute Gasteiger partial charge is 0.237 e. The molecule has 22 heavy (non-hydrogen) atoms. The van der Waals surface area contributed by atoms with Gasteiger partial charge in [-0.1, -0.05) is 35.5 Å². The lowest BCUT2D eigenvalue weighted by Gasteiger charge is -2.15. The Morgan fingerprint density at radius 3 is 2.68 bits per heavy atom. The third-order valence-electron chi connectivity index (χ3n) is 3.11. The van der Waals surface area contributed by atoms with Crippen molar-refractivity contribution in [2.24, 2.45) is 5.73 Å². The molecule has 1 amide bonds. The summed E-state index contributed by atoms with van der Waals surface area (Å²) in [7, 11) is 1.65. The van der Waals surface area contributed by atoms with Crippen LogP contribution in [0.1, 0.15) is 17.5 Å². The summed E-state index contributed by atoms with van der Waals surface area (Å²) >= 11 is 7.36. The number of rotatable bonds is 7. The number of nitrogens with zero attached hydrogens (tertiary/aromatic N) is 3. The van der Waals surface area contributed by atoms with Gasteiger partial charge in [-0.15, -0.1) is 10.2 Å². The number of halogens is 1. The average Bonchev–Trinajstić information content (AvgIpc) is 2.82. The first-order valence-corrected chi connectivity index (χ1v) is 7.96. The Morgan fingerprint density at radius 1 is 1.41 bits per heavy atom. The molecule has 2 N–H and O–H groups in total. The van der Waals surface area contributed by atoms with Crippen molar-refractivity contribution in [1.29, 1.82) is 0 Å². The van der Waals surface area contributed by atoms with Crippen molar-refractivity contribution in [3.05, 3.63) is 40.7 Å². The number of methoxy groups -OCH3 is 1. The first-order chi connectivity index (χ1) is 10.5. The van der Waals surface area contributed by atoms with E-state index in [0.29, 0.717) is 21.8 Å². The molecule has 0 spiro atoms. The lowest BCUT2D eigenvalue weighted by Crippen LogP contribution is -2.20. The van der Waals surface area contributed by atoms with Gasteiger partial charge in [0, 0.05) is 17.9 Å². The zero-order chi connectivity index (χ0) is 16.1. The second kappa shape index (κ2) is 7.62. The third-order valence-corrected chi connectivity index (χ3v) is 4.39. The van der Waals surface area contributed by atoms with Gasteiger partial charge in [-0.05, 0) is 24.6 Å². The van der Waals surface area contributed by atoms with Crippen LogP contribution in [-0.4, -0.2) is 33.5 Å². The van der Waals surface area contributed by atoms with Crippen LogP contribution >= 0.6 is 23.4 Å². The third kappa shape index (κ3) is 4.22. The predicted molar refractivity (Wildman–Crippen MR) is 85.9 cm³/mol. The number of benzene rings is 1. The lowest BCUT2D eigenvalue weighted by molar-refractivity contribution is -0.118. The molecule has 0 aliphatic heterocycles. The number of hydrogen-bond donors (Lipinski definition) is 1. The second-order valence-electron chi connectivity index (χ2n) is 4.67. The van der Waals surface area contributed by atoms with Gasteiger partial charge in [0.15, 0.2) is 5.16 Å². The van der Waals surface area contributed by atoms with Gasteiger partial charge in [-0.3, -0.25) is 9.36 Å². The van der Waals surface area contributed by atoms with Crippen molar-refractivity contribution in [3.8, 4) is 0 Å². The zero-order valence-electron chi connectivity index (χ0n) is 12.3. The molecule has 6 nitrogen and oxygen atoms in total. The number of carbonyl (C=O) groups excluding carboxylic acids is 1. The highest BCUT2D eigenvalue weighted by Gasteiger charge is 2.16. The Labute approximate surface area is 138 Å². The van der Waals surface area contributed by atoms with Gasteiger partial charge in [0.05, 0.1) is 6.10 Å². The van der Waals surface area contributed by atoms with E-state index in [4.69, 9.17) is 22.1 Å². The number of thioether (sulfide) groups is 1. The molecule has 1 heterocycles. The summed E-state index contributed by atoms with van der Waals surface area (Å²) in [4.78, 5) is 11.1. The first-order valence-electron chi connectivity index (χ1n) is 6.60. The molecule has 0 radical (unpaired) electrons. The quantitative estimate of drug-likeness (QED) is 0.781. The summed E-state index contributed by atoms with van der Waals surface area (Å²) in [6, 6.07) is 7.51. The number of primary amides is 1. The van der Waals surface area contributed by atoms with E-state index in [9.17, 15) is 4.79 Å². The Hall–Kier alpha value is -1.57. The standard InChI is InChI=1S/C14H17ClN4O2S/c1-9-17-18-14(19(9)7-13(16)20)22-8-12(21-2)10-3-5-11(15)6-4-10/h3-6,12H,7-8H2,1-2H3,(H2,16,20)/t12-/m1/s1. The molecule has 118 valence electrons. The molecule has 0 aliphatic carbocycles. The summed E-state index contributed by atoms with van der Waals surface area (Å²) in [5.41, 5.74) is 6.27. The van der Waals surface area contributed by atoms with Gasteiger partial charge in [0.25, 0.3) is 0 Å². The highest BCUT2D eigenvalue weighted by molar-refractivity contribution is 7.99. The summed E-state index contributed by atoms with van der Waals surface area (Å²) in [6.45, 7) is 1.85. The van der Waals surface area contributed by atoms with Crippen LogP contribution in [0, 0.1) is 6.92 Å². The van der Waals surface area contributed by atoms with Crippen molar-refractivity contribution in [3.63, 3.8) is 0 Å². The number of carbonyl (C=O) groups is 1. The molecule has 1 aromatic carbocycles. The first kappa shape index (κ1) is 16.8. The molecular formula is C14H17ClN4O2S. The number of hydrogen-bond acceptors (Lipinski definition) is 5. The molecule has 1 aromatic heterocycles. The fraction of sp³-hybridized carbons (Fsp3) is 0.357. The topological polar surface area (TPSA) is 83.0 Å². The van der Waals surface area contributed by atoms with E-state index in [0.717, 1.165) is 5.56 Å². The number of nitrogens with two attached hydrogens (primary N) is 1. The number of aryl methyl sites for hydroxylation is 1. The van der Waals surface area contributed by atoms with Crippen molar-refractivity contribution in [2.45, 2.75) is 24.7 Å². The Morgan fingerprint density at radius 2 is 2.09 bits per heavy atom. The normalized spacial score (nSPS) is 12.3. The molecule has 0 bridgehead atoms. The number of aromatic nitrogens is 3. The lowest BCUT2D eigenvalue weighted by atomic mass is 10.1. The van der Waals surface area contributed by atoms with E-state index >= 15 is 0 Å². The minimum atomic E-state index is -0.425. The fourth-order valence-electron chi connectivity index (χ4n) is 1.93. The van der Waals surface area contributed by atoms with Crippen molar-refractivity contribution in [2.75, 3.05) is 12.9 Å². The van der Waals surface area contributed by atoms with Gasteiger partial charge in [-0.25, -0.2) is 0 Å². The summed E-state index contributed by atoms with van der Waals surface area (Å²) in [5.74, 6) is 0.863. The van der Waals surface area contributed by atoms with Crippen molar-refractivity contribution >= 4 is 29.3 Å². The molecule has 0 aliphatic rings. The summed E-state index contributed by atoms with van der Waals surface area (Å²) in [6.07, 6.45) is -0.110. The van der Waals surface area contributed by atoms with Crippen LogP contribution in [0.4, 0.5) is 0 Å². The van der Waals surface area contributed by atoms with E-state index in [2.05, 4.69) is 10.2 Å². The minimum Gasteiger partial charge on any atom is -0.376 e. The van der Waals surface area contributed by atoms with Crippen molar-refractivity contribution in [1.82, 2.24) is 14.8 Å². The maximum atomic E-state index is 11.1. The monoisotopic (exact) mass is 340 g/mol. The molecule has 0 saturated heterocycles. The highest BCUT2D eigenvalue weighted by atomic mass is 35.5. The van der Waals surface area contributed by atoms with E-state index in [-0.39, 0.29) is 12.6 Å². The van der Waals surface area contributed by atoms with E-state index in [1.165, 1.54) is 11.8 Å². The van der Waals surface area contributed by atoms with E-state index < -0.39 is 5.91 Å². The van der Waals surface area contributed by atoms with Crippen LogP contribution in [-0.2, 0) is 16.1 Å². The predicted octanol–water partition coefficient (Wildman–Crippen LogP) is 2.21. The molecule has 2 aromatic rings. The zero-order valence-corrected chi connectivity index (χ0v) is 13.9. The Kier molecular flexibility index (Phi) is 5.82. The SMILES string of the molecule is CO[C@H](CSc1nnc(C)n1CC(N)=O)c1ccc(Cl)cc1. The van der Waals surface area contributed by atoms with Gasteiger partial charge >= 0.3 is 0 Å².